The van der Waals surface area contributed by atoms with Gasteiger partial charge in [0.2, 0.25) is 0 Å². The summed E-state index contributed by atoms with van der Waals surface area (Å²) in [5, 5.41) is 6.12. The topological polar surface area (TPSA) is 71.8 Å². The number of hydrogen-bond acceptors (Lipinski definition) is 3. The number of anilines is 1. The van der Waals surface area contributed by atoms with Crippen LogP contribution in [-0.2, 0) is 0 Å². The number of carbonyl (C=O) groups excluding carboxylic acids is 1. The zero-order valence-corrected chi connectivity index (χ0v) is 6.72. The van der Waals surface area contributed by atoms with Crippen LogP contribution in [0.3, 0.4) is 0 Å². The minimum absolute atomic E-state index is 0.101. The van der Waals surface area contributed by atoms with Gasteiger partial charge < -0.3 is 5.73 Å². The summed E-state index contributed by atoms with van der Waals surface area (Å²) >= 11 is 0. The predicted octanol–water partition coefficient (Wildman–Crippen LogP) is 0.588. The van der Waals surface area contributed by atoms with Gasteiger partial charge in [0.25, 0.3) is 0 Å². The minimum Gasteiger partial charge on any atom is -0.383 e. The Morgan fingerprint density at radius 3 is 3.08 bits per heavy atom. The molecule has 0 radical (unpaired) electrons. The van der Waals surface area contributed by atoms with E-state index in [-0.39, 0.29) is 12.2 Å². The quantitative estimate of drug-likeness (QED) is 0.495. The van der Waals surface area contributed by atoms with Crippen LogP contribution in [0, 0.1) is 11.8 Å². The van der Waals surface area contributed by atoms with E-state index >= 15 is 0 Å². The Labute approximate surface area is 70.2 Å². The number of carbonyl (C=O) groups is 1. The van der Waals surface area contributed by atoms with Gasteiger partial charge in [-0.05, 0) is 6.92 Å². The summed E-state index contributed by atoms with van der Waals surface area (Å²) in [5.41, 5.74) is 5.84. The molecular formula is C8H9N3O. The van der Waals surface area contributed by atoms with Gasteiger partial charge in [-0.25, -0.2) is 0 Å². The smallest absolute Gasteiger partial charge is 0.180 e. The van der Waals surface area contributed by atoms with Crippen LogP contribution in [0.5, 0.6) is 0 Å². The van der Waals surface area contributed by atoms with Gasteiger partial charge in [-0.2, -0.15) is 5.10 Å². The number of nitrogens with two attached hydrogens (primary N) is 1. The van der Waals surface area contributed by atoms with E-state index in [1.54, 1.807) is 6.92 Å². The first-order valence-electron chi connectivity index (χ1n) is 3.47. The molecule has 0 atom stereocenters. The second-order valence-corrected chi connectivity index (χ2v) is 2.22. The molecule has 0 aliphatic carbocycles. The number of nitrogen functional groups attached to an aromatic ring is 1. The molecule has 1 rings (SSSR count). The zero-order chi connectivity index (χ0) is 8.97. The van der Waals surface area contributed by atoms with Crippen molar-refractivity contribution in [3.63, 3.8) is 0 Å². The van der Waals surface area contributed by atoms with Crippen molar-refractivity contribution in [3.05, 3.63) is 11.8 Å². The Kier molecular flexibility index (Phi) is 2.49. The number of Topliss-reactive ketones (excluding diaryl/α,β-unsaturated/α-hetero) is 1. The summed E-state index contributed by atoms with van der Waals surface area (Å²) in [6.45, 7) is 1.69. The highest BCUT2D eigenvalue weighted by molar-refractivity contribution is 6.01. The van der Waals surface area contributed by atoms with E-state index in [0.29, 0.717) is 11.4 Å². The van der Waals surface area contributed by atoms with E-state index in [1.807, 2.05) is 0 Å². The molecule has 0 unspecified atom stereocenters. The van der Waals surface area contributed by atoms with Gasteiger partial charge in [-0.1, -0.05) is 5.92 Å². The third-order valence-corrected chi connectivity index (χ3v) is 1.39. The van der Waals surface area contributed by atoms with Crippen molar-refractivity contribution < 1.29 is 4.79 Å². The highest BCUT2D eigenvalue weighted by atomic mass is 16.1. The number of aromatic amines is 1. The maximum absolute atomic E-state index is 11.2. The molecule has 1 aromatic rings. The fourth-order valence-corrected chi connectivity index (χ4v) is 0.782. The molecule has 3 N–H and O–H groups in total. The Morgan fingerprint density at radius 2 is 2.58 bits per heavy atom. The Hall–Kier alpha value is -1.76. The Morgan fingerprint density at radius 1 is 1.83 bits per heavy atom. The first-order chi connectivity index (χ1) is 5.75. The molecule has 4 heteroatoms. The molecule has 62 valence electrons. The molecule has 0 saturated heterocycles. The normalized spacial score (nSPS) is 8.75. The number of nitrogens with zero attached hydrogens (tertiary/aromatic N) is 1. The zero-order valence-electron chi connectivity index (χ0n) is 6.72. The van der Waals surface area contributed by atoms with Crippen LogP contribution >= 0.6 is 0 Å². The largest absolute Gasteiger partial charge is 0.383 e. The highest BCUT2D eigenvalue weighted by Gasteiger charge is 2.09. The fourth-order valence-electron chi connectivity index (χ4n) is 0.782. The van der Waals surface area contributed by atoms with E-state index < -0.39 is 0 Å². The first-order valence-corrected chi connectivity index (χ1v) is 3.47. The lowest BCUT2D eigenvalue weighted by atomic mass is 10.1. The number of ketones is 1. The van der Waals surface area contributed by atoms with Crippen molar-refractivity contribution in [2.45, 2.75) is 13.3 Å². The standard InChI is InChI=1S/C8H9N3O/c1-2-3-4-7(12)6-5-10-11-8(6)9/h5H,4H2,1H3,(H3,9,10,11). The van der Waals surface area contributed by atoms with Gasteiger partial charge in [0, 0.05) is 0 Å². The van der Waals surface area contributed by atoms with Crippen LogP contribution in [0.1, 0.15) is 23.7 Å². The number of nitrogens with one attached hydrogen (secondary N) is 1. The van der Waals surface area contributed by atoms with E-state index in [2.05, 4.69) is 22.0 Å². The number of aromatic nitrogens is 2. The molecule has 0 aliphatic heterocycles. The molecule has 4 nitrogen and oxygen atoms in total. The van der Waals surface area contributed by atoms with Crippen molar-refractivity contribution in [1.29, 1.82) is 0 Å². The Balaban J connectivity index is 2.76. The van der Waals surface area contributed by atoms with Gasteiger partial charge in [0.15, 0.2) is 5.78 Å². The third kappa shape index (κ3) is 1.64. The monoisotopic (exact) mass is 163 g/mol. The van der Waals surface area contributed by atoms with Crippen molar-refractivity contribution >= 4 is 11.6 Å². The van der Waals surface area contributed by atoms with Crippen LogP contribution in [0.25, 0.3) is 0 Å². The van der Waals surface area contributed by atoms with Crippen molar-refractivity contribution in [1.82, 2.24) is 10.2 Å². The molecule has 0 spiro atoms. The lowest BCUT2D eigenvalue weighted by Gasteiger charge is -1.91. The average molecular weight is 163 g/mol. The summed E-state index contributed by atoms with van der Waals surface area (Å²) in [6, 6.07) is 0. The number of H-pyrrole nitrogens is 1. The van der Waals surface area contributed by atoms with Crippen molar-refractivity contribution in [2.75, 3.05) is 5.73 Å². The summed E-state index contributed by atoms with van der Waals surface area (Å²) in [7, 11) is 0. The van der Waals surface area contributed by atoms with E-state index in [9.17, 15) is 4.79 Å². The van der Waals surface area contributed by atoms with E-state index in [4.69, 9.17) is 5.73 Å². The lowest BCUT2D eigenvalue weighted by molar-refractivity contribution is 0.0999. The molecule has 0 aromatic carbocycles. The van der Waals surface area contributed by atoms with Crippen LogP contribution in [0.4, 0.5) is 5.82 Å². The van der Waals surface area contributed by atoms with Crippen LogP contribution in [-0.4, -0.2) is 16.0 Å². The third-order valence-electron chi connectivity index (χ3n) is 1.39. The van der Waals surface area contributed by atoms with Gasteiger partial charge in [-0.15, -0.1) is 5.92 Å². The van der Waals surface area contributed by atoms with Crippen LogP contribution in [0.15, 0.2) is 6.20 Å². The maximum Gasteiger partial charge on any atom is 0.180 e. The van der Waals surface area contributed by atoms with E-state index in [0.717, 1.165) is 0 Å². The predicted molar refractivity (Wildman–Crippen MR) is 45.4 cm³/mol. The van der Waals surface area contributed by atoms with Crippen molar-refractivity contribution in [2.24, 2.45) is 0 Å². The number of hydrogen-bond donors (Lipinski definition) is 2. The second kappa shape index (κ2) is 3.58. The summed E-state index contributed by atoms with van der Waals surface area (Å²) < 4.78 is 0. The van der Waals surface area contributed by atoms with Gasteiger partial charge in [0.05, 0.1) is 18.2 Å². The van der Waals surface area contributed by atoms with Gasteiger partial charge >= 0.3 is 0 Å². The maximum atomic E-state index is 11.2. The lowest BCUT2D eigenvalue weighted by Crippen LogP contribution is -2.00. The molecular weight excluding hydrogens is 154 g/mol. The molecule has 0 amide bonds. The van der Waals surface area contributed by atoms with Gasteiger partial charge in [-0.3, -0.25) is 9.89 Å². The molecule has 0 aliphatic rings. The molecule has 12 heavy (non-hydrogen) atoms. The molecule has 0 bridgehead atoms. The first kappa shape index (κ1) is 8.34. The molecule has 0 saturated carbocycles. The molecule has 1 aromatic heterocycles. The average Bonchev–Trinajstić information content (AvgIpc) is 2.47. The van der Waals surface area contributed by atoms with Crippen LogP contribution < -0.4 is 5.73 Å². The second-order valence-electron chi connectivity index (χ2n) is 2.22. The number of rotatable bonds is 2. The Bertz CT molecular complexity index is 343. The van der Waals surface area contributed by atoms with Gasteiger partial charge in [0.1, 0.15) is 5.82 Å². The molecule has 1 heterocycles. The highest BCUT2D eigenvalue weighted by Crippen LogP contribution is 2.08. The van der Waals surface area contributed by atoms with E-state index in [1.165, 1.54) is 6.20 Å². The molecule has 0 fully saturated rings. The minimum atomic E-state index is -0.101. The van der Waals surface area contributed by atoms with Crippen LogP contribution in [0.2, 0.25) is 0 Å². The summed E-state index contributed by atoms with van der Waals surface area (Å²) in [6.07, 6.45) is 1.61. The summed E-state index contributed by atoms with van der Waals surface area (Å²) in [4.78, 5) is 11.2. The summed E-state index contributed by atoms with van der Waals surface area (Å²) in [5.74, 6) is 5.51. The fraction of sp³-hybridized carbons (Fsp3) is 0.250. The van der Waals surface area contributed by atoms with Crippen molar-refractivity contribution in [3.8, 4) is 11.8 Å². The SMILES string of the molecule is CC#CCC(=O)c1cn[nH]c1N.